The molecule has 0 heteroatoms. The number of allylic oxidation sites excluding steroid dienone is 1. The van der Waals surface area contributed by atoms with E-state index in [0.717, 1.165) is 0 Å². The van der Waals surface area contributed by atoms with Gasteiger partial charge in [0.25, 0.3) is 0 Å². The second kappa shape index (κ2) is 4.45. The van der Waals surface area contributed by atoms with Gasteiger partial charge in [0.2, 0.25) is 0 Å². The molecular weight excluding hydrogens is 168 g/mol. The molecule has 0 aliphatic carbocycles. The van der Waals surface area contributed by atoms with Gasteiger partial charge in [-0.05, 0) is 29.5 Å². The van der Waals surface area contributed by atoms with E-state index in [0.29, 0.717) is 5.92 Å². The average molecular weight is 187 g/mol. The number of hydrogen-bond donors (Lipinski definition) is 0. The fraction of sp³-hybridized carbons (Fsp3) is 0.357. The highest BCUT2D eigenvalue weighted by Crippen LogP contribution is 2.23. The molecule has 0 heterocycles. The third-order valence-corrected chi connectivity index (χ3v) is 2.65. The third kappa shape index (κ3) is 2.25. The van der Waals surface area contributed by atoms with Crippen LogP contribution in [0.15, 0.2) is 30.9 Å². The first-order valence-electron chi connectivity index (χ1n) is 5.13. The first-order valence-corrected chi connectivity index (χ1v) is 5.13. The van der Waals surface area contributed by atoms with Crippen LogP contribution >= 0.6 is 0 Å². The SMILES string of the molecule is C=C[C](C)c1ccc(C(C)C)c(C)c1. The number of aryl methyl sites for hydroxylation is 1. The Kier molecular flexibility index (Phi) is 3.51. The topological polar surface area (TPSA) is 0 Å². The minimum absolute atomic E-state index is 0.605. The molecule has 1 rings (SSSR count). The van der Waals surface area contributed by atoms with Gasteiger partial charge in [0.15, 0.2) is 0 Å². The van der Waals surface area contributed by atoms with Crippen LogP contribution in [0, 0.1) is 12.8 Å². The highest BCUT2D eigenvalue weighted by molar-refractivity contribution is 5.41. The van der Waals surface area contributed by atoms with E-state index in [2.05, 4.69) is 52.5 Å². The van der Waals surface area contributed by atoms with Gasteiger partial charge in [-0.25, -0.2) is 0 Å². The minimum atomic E-state index is 0.605. The monoisotopic (exact) mass is 187 g/mol. The quantitative estimate of drug-likeness (QED) is 0.663. The van der Waals surface area contributed by atoms with Crippen molar-refractivity contribution in [3.63, 3.8) is 0 Å². The largest absolute Gasteiger partial charge is 0.102 e. The van der Waals surface area contributed by atoms with Crippen LogP contribution in [0.25, 0.3) is 0 Å². The summed E-state index contributed by atoms with van der Waals surface area (Å²) in [6.07, 6.45) is 1.91. The van der Waals surface area contributed by atoms with Crippen LogP contribution in [0.2, 0.25) is 0 Å². The summed E-state index contributed by atoms with van der Waals surface area (Å²) in [7, 11) is 0. The van der Waals surface area contributed by atoms with Crippen molar-refractivity contribution in [3.05, 3.63) is 53.5 Å². The zero-order valence-electron chi connectivity index (χ0n) is 9.59. The molecule has 0 aliphatic heterocycles. The molecular formula is C14H19. The van der Waals surface area contributed by atoms with Crippen molar-refractivity contribution in [2.24, 2.45) is 0 Å². The van der Waals surface area contributed by atoms with E-state index in [1.54, 1.807) is 0 Å². The fourth-order valence-electron chi connectivity index (χ4n) is 1.69. The summed E-state index contributed by atoms with van der Waals surface area (Å²) in [4.78, 5) is 0. The fourth-order valence-corrected chi connectivity index (χ4v) is 1.69. The molecule has 14 heavy (non-hydrogen) atoms. The molecule has 1 aromatic rings. The van der Waals surface area contributed by atoms with Gasteiger partial charge < -0.3 is 0 Å². The molecule has 0 unspecified atom stereocenters. The first-order chi connectivity index (χ1) is 6.56. The van der Waals surface area contributed by atoms with Crippen molar-refractivity contribution in [3.8, 4) is 0 Å². The predicted molar refractivity (Wildman–Crippen MR) is 63.5 cm³/mol. The van der Waals surface area contributed by atoms with Gasteiger partial charge in [0.05, 0.1) is 0 Å². The maximum atomic E-state index is 3.79. The van der Waals surface area contributed by atoms with Gasteiger partial charge in [0, 0.05) is 5.92 Å². The molecule has 0 spiro atoms. The summed E-state index contributed by atoms with van der Waals surface area (Å²) in [6, 6.07) is 6.65. The van der Waals surface area contributed by atoms with E-state index in [-0.39, 0.29) is 0 Å². The summed E-state index contributed by atoms with van der Waals surface area (Å²) in [5.41, 5.74) is 4.09. The van der Waals surface area contributed by atoms with Crippen LogP contribution in [0.4, 0.5) is 0 Å². The predicted octanol–water partition coefficient (Wildman–Crippen LogP) is 4.25. The van der Waals surface area contributed by atoms with Gasteiger partial charge in [-0.3, -0.25) is 0 Å². The van der Waals surface area contributed by atoms with Gasteiger partial charge in [-0.1, -0.05) is 45.0 Å². The maximum absolute atomic E-state index is 3.79. The van der Waals surface area contributed by atoms with Crippen LogP contribution in [0.1, 0.15) is 43.4 Å². The molecule has 0 saturated carbocycles. The van der Waals surface area contributed by atoms with Crippen LogP contribution in [0.3, 0.4) is 0 Å². The number of rotatable bonds is 3. The zero-order valence-corrected chi connectivity index (χ0v) is 9.59. The van der Waals surface area contributed by atoms with E-state index >= 15 is 0 Å². The Balaban J connectivity index is 3.06. The first kappa shape index (κ1) is 11.0. The van der Waals surface area contributed by atoms with E-state index in [1.807, 2.05) is 6.08 Å². The van der Waals surface area contributed by atoms with Gasteiger partial charge in [-0.2, -0.15) is 0 Å². The lowest BCUT2D eigenvalue weighted by Gasteiger charge is -2.13. The van der Waals surface area contributed by atoms with E-state index in [9.17, 15) is 0 Å². The summed E-state index contributed by atoms with van der Waals surface area (Å²) >= 11 is 0. The van der Waals surface area contributed by atoms with Crippen molar-refractivity contribution < 1.29 is 0 Å². The molecule has 0 bridgehead atoms. The third-order valence-electron chi connectivity index (χ3n) is 2.65. The van der Waals surface area contributed by atoms with E-state index in [4.69, 9.17) is 0 Å². The lowest BCUT2D eigenvalue weighted by molar-refractivity contribution is 0.855. The van der Waals surface area contributed by atoms with Crippen LogP contribution in [0.5, 0.6) is 0 Å². The van der Waals surface area contributed by atoms with Gasteiger partial charge in [-0.15, -0.1) is 6.58 Å². The minimum Gasteiger partial charge on any atom is -0.102 e. The van der Waals surface area contributed by atoms with Crippen LogP contribution in [-0.4, -0.2) is 0 Å². The summed E-state index contributed by atoms with van der Waals surface area (Å²) in [5, 5.41) is 0. The van der Waals surface area contributed by atoms with E-state index < -0.39 is 0 Å². The van der Waals surface area contributed by atoms with Crippen molar-refractivity contribution >= 4 is 0 Å². The molecule has 0 saturated heterocycles. The lowest BCUT2D eigenvalue weighted by Crippen LogP contribution is -1.96. The second-order valence-electron chi connectivity index (χ2n) is 4.11. The van der Waals surface area contributed by atoms with Crippen LogP contribution in [-0.2, 0) is 0 Å². The van der Waals surface area contributed by atoms with Crippen molar-refractivity contribution in [1.29, 1.82) is 0 Å². The lowest BCUT2D eigenvalue weighted by atomic mass is 9.92. The molecule has 0 N–H and O–H groups in total. The van der Waals surface area contributed by atoms with Crippen molar-refractivity contribution in [2.75, 3.05) is 0 Å². The van der Waals surface area contributed by atoms with Gasteiger partial charge in [0.1, 0.15) is 0 Å². The van der Waals surface area contributed by atoms with Gasteiger partial charge >= 0.3 is 0 Å². The van der Waals surface area contributed by atoms with Crippen molar-refractivity contribution in [2.45, 2.75) is 33.6 Å². The normalized spacial score (nSPS) is 11.0. The summed E-state index contributed by atoms with van der Waals surface area (Å²) < 4.78 is 0. The highest BCUT2D eigenvalue weighted by Gasteiger charge is 2.06. The summed E-state index contributed by atoms with van der Waals surface area (Å²) in [5.74, 6) is 1.84. The number of hydrogen-bond acceptors (Lipinski definition) is 0. The molecule has 1 aromatic carbocycles. The smallest absolute Gasteiger partial charge is 0.0230 e. The molecule has 75 valence electrons. The standard InChI is InChI=1S/C14H19/c1-6-11(4)13-7-8-14(10(2)3)12(5)9-13/h6-10H,1H2,2-5H3. The molecule has 1 radical (unpaired) electrons. The highest BCUT2D eigenvalue weighted by atomic mass is 14.1. The molecule has 0 fully saturated rings. The Morgan fingerprint density at radius 1 is 1.36 bits per heavy atom. The Bertz CT molecular complexity index is 321. The number of benzene rings is 1. The Labute approximate surface area is 87.7 Å². The summed E-state index contributed by atoms with van der Waals surface area (Å²) in [6.45, 7) is 12.5. The Morgan fingerprint density at radius 3 is 2.43 bits per heavy atom. The molecule has 0 nitrogen and oxygen atoms in total. The van der Waals surface area contributed by atoms with E-state index in [1.165, 1.54) is 22.6 Å². The second-order valence-corrected chi connectivity index (χ2v) is 4.11. The Hall–Kier alpha value is -1.04. The maximum Gasteiger partial charge on any atom is 0.0230 e. The Morgan fingerprint density at radius 2 is 2.00 bits per heavy atom. The molecule has 0 aliphatic rings. The molecule has 0 atom stereocenters. The van der Waals surface area contributed by atoms with Crippen LogP contribution < -0.4 is 0 Å². The molecule has 0 aromatic heterocycles. The van der Waals surface area contributed by atoms with Crippen molar-refractivity contribution in [1.82, 2.24) is 0 Å². The molecule has 0 amide bonds. The zero-order chi connectivity index (χ0) is 10.7. The average Bonchev–Trinajstić information content (AvgIpc) is 2.15.